The Morgan fingerprint density at radius 3 is 2.73 bits per heavy atom. The molecule has 1 aromatic carbocycles. The highest BCUT2D eigenvalue weighted by atomic mass is 32.2. The van der Waals surface area contributed by atoms with Gasteiger partial charge in [0.25, 0.3) is 5.91 Å². The van der Waals surface area contributed by atoms with Crippen molar-refractivity contribution in [2.75, 3.05) is 32.5 Å². The standard InChI is InChI=1S/C15H18N2O4S/c1-21-15(20)12-10-17(7-8-22-12)13(18)9-16-14(19)11-5-3-2-4-6-11/h2-6,12H,7-10H2,1H3,(H,16,19)/t12-/m1/s1. The summed E-state index contributed by atoms with van der Waals surface area (Å²) in [6.45, 7) is 0.807. The zero-order valence-corrected chi connectivity index (χ0v) is 13.1. The molecule has 0 saturated carbocycles. The number of nitrogens with one attached hydrogen (secondary N) is 1. The molecule has 1 aromatic rings. The summed E-state index contributed by atoms with van der Waals surface area (Å²) in [5.41, 5.74) is 0.511. The third kappa shape index (κ3) is 4.24. The highest BCUT2D eigenvalue weighted by Gasteiger charge is 2.29. The highest BCUT2D eigenvalue weighted by molar-refractivity contribution is 8.00. The van der Waals surface area contributed by atoms with Gasteiger partial charge in [0, 0.05) is 24.4 Å². The topological polar surface area (TPSA) is 75.7 Å². The number of carbonyl (C=O) groups is 3. The number of methoxy groups -OCH3 is 1. The Morgan fingerprint density at radius 1 is 1.32 bits per heavy atom. The van der Waals surface area contributed by atoms with Gasteiger partial charge >= 0.3 is 5.97 Å². The van der Waals surface area contributed by atoms with Gasteiger partial charge in [-0.25, -0.2) is 0 Å². The molecule has 1 saturated heterocycles. The summed E-state index contributed by atoms with van der Waals surface area (Å²) in [5, 5.41) is 2.25. The van der Waals surface area contributed by atoms with Crippen molar-refractivity contribution in [2.45, 2.75) is 5.25 Å². The first kappa shape index (κ1) is 16.4. The Hall–Kier alpha value is -2.02. The minimum absolute atomic E-state index is 0.0771. The van der Waals surface area contributed by atoms with Crippen LogP contribution in [0.1, 0.15) is 10.4 Å². The largest absolute Gasteiger partial charge is 0.468 e. The van der Waals surface area contributed by atoms with E-state index in [9.17, 15) is 14.4 Å². The molecule has 22 heavy (non-hydrogen) atoms. The van der Waals surface area contributed by atoms with Crippen LogP contribution >= 0.6 is 11.8 Å². The van der Waals surface area contributed by atoms with Crippen LogP contribution in [0.15, 0.2) is 30.3 Å². The summed E-state index contributed by atoms with van der Waals surface area (Å²) in [7, 11) is 1.34. The molecule has 1 N–H and O–H groups in total. The van der Waals surface area contributed by atoms with E-state index in [0.717, 1.165) is 0 Å². The molecule has 7 heteroatoms. The highest BCUT2D eigenvalue weighted by Crippen LogP contribution is 2.19. The predicted molar refractivity (Wildman–Crippen MR) is 83.6 cm³/mol. The summed E-state index contributed by atoms with van der Waals surface area (Å²) < 4.78 is 4.71. The summed E-state index contributed by atoms with van der Waals surface area (Å²) in [6.07, 6.45) is 0. The Kier molecular flexibility index (Phi) is 5.83. The fourth-order valence-electron chi connectivity index (χ4n) is 2.11. The summed E-state index contributed by atoms with van der Waals surface area (Å²) in [6, 6.07) is 8.72. The lowest BCUT2D eigenvalue weighted by Crippen LogP contribution is -2.48. The minimum atomic E-state index is -0.354. The van der Waals surface area contributed by atoms with Crippen LogP contribution in [0.4, 0.5) is 0 Å². The lowest BCUT2D eigenvalue weighted by molar-refractivity contribution is -0.141. The van der Waals surface area contributed by atoms with Crippen LogP contribution in [-0.4, -0.2) is 60.4 Å². The molecular weight excluding hydrogens is 304 g/mol. The molecule has 0 spiro atoms. The smallest absolute Gasteiger partial charge is 0.320 e. The second-order valence-corrected chi connectivity index (χ2v) is 6.08. The first-order valence-electron chi connectivity index (χ1n) is 6.92. The number of thioether (sulfide) groups is 1. The van der Waals surface area contributed by atoms with Crippen molar-refractivity contribution in [3.05, 3.63) is 35.9 Å². The molecule has 0 radical (unpaired) electrons. The molecule has 118 valence electrons. The van der Waals surface area contributed by atoms with E-state index in [1.54, 1.807) is 29.2 Å². The van der Waals surface area contributed by atoms with Crippen LogP contribution in [0.3, 0.4) is 0 Å². The zero-order valence-electron chi connectivity index (χ0n) is 12.3. The lowest BCUT2D eigenvalue weighted by atomic mass is 10.2. The van der Waals surface area contributed by atoms with Gasteiger partial charge in [-0.05, 0) is 12.1 Å². The summed E-state index contributed by atoms with van der Waals surface area (Å²) >= 11 is 1.48. The number of carbonyl (C=O) groups excluding carboxylic acids is 3. The quantitative estimate of drug-likeness (QED) is 0.819. The molecule has 2 rings (SSSR count). The van der Waals surface area contributed by atoms with Crippen molar-refractivity contribution in [3.63, 3.8) is 0 Å². The first-order valence-corrected chi connectivity index (χ1v) is 7.97. The van der Waals surface area contributed by atoms with E-state index in [0.29, 0.717) is 24.4 Å². The number of hydrogen-bond donors (Lipinski definition) is 1. The fraction of sp³-hybridized carbons (Fsp3) is 0.400. The number of esters is 1. The van der Waals surface area contributed by atoms with Gasteiger partial charge in [-0.15, -0.1) is 11.8 Å². The monoisotopic (exact) mass is 322 g/mol. The maximum absolute atomic E-state index is 12.1. The van der Waals surface area contributed by atoms with Crippen molar-refractivity contribution in [1.82, 2.24) is 10.2 Å². The number of benzene rings is 1. The van der Waals surface area contributed by atoms with Gasteiger partial charge in [-0.2, -0.15) is 0 Å². The molecule has 1 atom stereocenters. The Morgan fingerprint density at radius 2 is 2.05 bits per heavy atom. The van der Waals surface area contributed by atoms with Crippen LogP contribution in [0.2, 0.25) is 0 Å². The molecular formula is C15H18N2O4S. The molecule has 0 bridgehead atoms. The van der Waals surface area contributed by atoms with E-state index in [1.165, 1.54) is 18.9 Å². The SMILES string of the molecule is COC(=O)[C@H]1CN(C(=O)CNC(=O)c2ccccc2)CCS1. The van der Waals surface area contributed by atoms with Crippen LogP contribution in [0, 0.1) is 0 Å². The van der Waals surface area contributed by atoms with Crippen LogP contribution in [0.25, 0.3) is 0 Å². The molecule has 0 unspecified atom stereocenters. The van der Waals surface area contributed by atoms with Crippen molar-refractivity contribution in [3.8, 4) is 0 Å². The molecule has 1 aliphatic rings. The Bertz CT molecular complexity index is 550. The Labute approximate surface area is 133 Å². The fourth-order valence-corrected chi connectivity index (χ4v) is 3.24. The third-order valence-corrected chi connectivity index (χ3v) is 4.48. The van der Waals surface area contributed by atoms with Crippen molar-refractivity contribution < 1.29 is 19.1 Å². The second-order valence-electron chi connectivity index (χ2n) is 4.77. The maximum Gasteiger partial charge on any atom is 0.320 e. The second kappa shape index (κ2) is 7.84. The molecule has 2 amide bonds. The van der Waals surface area contributed by atoms with Gasteiger partial charge < -0.3 is 15.0 Å². The molecule has 1 heterocycles. The predicted octanol–water partition coefficient (Wildman–Crippen LogP) is 0.533. The minimum Gasteiger partial charge on any atom is -0.468 e. The van der Waals surface area contributed by atoms with Crippen molar-refractivity contribution in [2.24, 2.45) is 0 Å². The zero-order chi connectivity index (χ0) is 15.9. The molecule has 1 fully saturated rings. The number of nitrogens with zero attached hydrogens (tertiary/aromatic N) is 1. The number of ether oxygens (including phenoxy) is 1. The Balaban J connectivity index is 1.84. The first-order chi connectivity index (χ1) is 10.6. The molecule has 0 aromatic heterocycles. The van der Waals surface area contributed by atoms with E-state index in [4.69, 9.17) is 4.74 Å². The van der Waals surface area contributed by atoms with Gasteiger partial charge in [0.15, 0.2) is 0 Å². The van der Waals surface area contributed by atoms with Crippen LogP contribution in [0.5, 0.6) is 0 Å². The normalized spacial score (nSPS) is 17.7. The summed E-state index contributed by atoms with van der Waals surface area (Å²) in [4.78, 5) is 37.2. The summed E-state index contributed by atoms with van der Waals surface area (Å²) in [5.74, 6) is -0.128. The van der Waals surface area contributed by atoms with Crippen molar-refractivity contribution >= 4 is 29.5 Å². The van der Waals surface area contributed by atoms with Gasteiger partial charge in [-0.1, -0.05) is 18.2 Å². The van der Waals surface area contributed by atoms with E-state index in [2.05, 4.69) is 5.32 Å². The number of amides is 2. The van der Waals surface area contributed by atoms with Gasteiger partial charge in [0.1, 0.15) is 5.25 Å². The van der Waals surface area contributed by atoms with E-state index >= 15 is 0 Å². The van der Waals surface area contributed by atoms with E-state index in [-0.39, 0.29) is 29.6 Å². The van der Waals surface area contributed by atoms with Gasteiger partial charge in [0.2, 0.25) is 5.91 Å². The number of hydrogen-bond acceptors (Lipinski definition) is 5. The van der Waals surface area contributed by atoms with Crippen LogP contribution < -0.4 is 5.32 Å². The van der Waals surface area contributed by atoms with E-state index in [1.807, 2.05) is 6.07 Å². The van der Waals surface area contributed by atoms with Gasteiger partial charge in [0.05, 0.1) is 13.7 Å². The average Bonchev–Trinajstić information content (AvgIpc) is 2.59. The maximum atomic E-state index is 12.1. The third-order valence-electron chi connectivity index (χ3n) is 3.32. The number of rotatable bonds is 4. The lowest BCUT2D eigenvalue weighted by Gasteiger charge is -2.31. The van der Waals surface area contributed by atoms with Gasteiger partial charge in [-0.3, -0.25) is 14.4 Å². The molecule has 1 aliphatic heterocycles. The van der Waals surface area contributed by atoms with Crippen LogP contribution in [-0.2, 0) is 14.3 Å². The molecule has 6 nitrogen and oxygen atoms in total. The molecule has 0 aliphatic carbocycles. The average molecular weight is 322 g/mol. The van der Waals surface area contributed by atoms with Crippen molar-refractivity contribution in [1.29, 1.82) is 0 Å². The van der Waals surface area contributed by atoms with E-state index < -0.39 is 0 Å².